The second kappa shape index (κ2) is 5.31. The smallest absolute Gasteiger partial charge is 0.243 e. The normalized spacial score (nSPS) is 27.4. The fourth-order valence-electron chi connectivity index (χ4n) is 3.48. The number of sulfonamides is 1. The van der Waals surface area contributed by atoms with E-state index in [9.17, 15) is 8.42 Å². The van der Waals surface area contributed by atoms with E-state index in [2.05, 4.69) is 15.9 Å². The molecule has 0 amide bonds. The third-order valence-electron chi connectivity index (χ3n) is 4.53. The minimum absolute atomic E-state index is 0.193. The number of rotatable bonds is 2. The molecular weight excluding hydrogens is 340 g/mol. The lowest BCUT2D eigenvalue weighted by molar-refractivity contribution is 0.260. The van der Waals surface area contributed by atoms with Crippen molar-refractivity contribution in [2.45, 2.75) is 43.0 Å². The molecule has 1 aromatic rings. The summed E-state index contributed by atoms with van der Waals surface area (Å²) in [6.07, 6.45) is 5.53. The van der Waals surface area contributed by atoms with Crippen LogP contribution in [0.2, 0.25) is 0 Å². The first-order valence-electron chi connectivity index (χ1n) is 7.07. The lowest BCUT2D eigenvalue weighted by atomic mass is 9.86. The highest BCUT2D eigenvalue weighted by atomic mass is 79.9. The van der Waals surface area contributed by atoms with Gasteiger partial charge in [0.25, 0.3) is 0 Å². The first-order valence-corrected chi connectivity index (χ1v) is 9.30. The minimum atomic E-state index is -3.42. The number of nitrogen functional groups attached to an aromatic ring is 1. The molecule has 0 bridgehead atoms. The number of nitrogens with two attached hydrogens (primary N) is 1. The Labute approximate surface area is 128 Å². The summed E-state index contributed by atoms with van der Waals surface area (Å²) < 4.78 is 28.1. The molecule has 6 heteroatoms. The minimum Gasteiger partial charge on any atom is -0.398 e. The van der Waals surface area contributed by atoms with Gasteiger partial charge in [0.05, 0.1) is 4.90 Å². The number of anilines is 1. The van der Waals surface area contributed by atoms with Gasteiger partial charge in [-0.1, -0.05) is 12.8 Å². The van der Waals surface area contributed by atoms with Gasteiger partial charge >= 0.3 is 0 Å². The zero-order chi connectivity index (χ0) is 14.3. The third kappa shape index (κ3) is 2.38. The van der Waals surface area contributed by atoms with Crippen molar-refractivity contribution in [3.05, 3.63) is 22.7 Å². The van der Waals surface area contributed by atoms with Gasteiger partial charge in [-0.2, -0.15) is 4.31 Å². The zero-order valence-corrected chi connectivity index (χ0v) is 13.7. The molecule has 2 aliphatic rings. The standard InChI is InChI=1S/C14H19BrN2O2S/c15-12-6-5-11(9-13(12)16)20(18,19)17-8-7-10-3-1-2-4-14(10)17/h5-6,9-10,14H,1-4,7-8,16H2. The van der Waals surface area contributed by atoms with E-state index in [0.717, 1.165) is 23.7 Å². The lowest BCUT2D eigenvalue weighted by Crippen LogP contribution is -2.39. The maximum Gasteiger partial charge on any atom is 0.243 e. The molecule has 1 heterocycles. The number of halogens is 1. The maximum absolute atomic E-state index is 12.8. The van der Waals surface area contributed by atoms with E-state index in [0.29, 0.717) is 23.0 Å². The molecule has 20 heavy (non-hydrogen) atoms. The summed E-state index contributed by atoms with van der Waals surface area (Å²) in [5, 5.41) is 0. The van der Waals surface area contributed by atoms with Crippen LogP contribution >= 0.6 is 15.9 Å². The van der Waals surface area contributed by atoms with Crippen LogP contribution in [0.15, 0.2) is 27.6 Å². The molecule has 2 N–H and O–H groups in total. The quantitative estimate of drug-likeness (QED) is 0.826. The molecule has 4 nitrogen and oxygen atoms in total. The molecular formula is C14H19BrN2O2S. The molecule has 2 unspecified atom stereocenters. The van der Waals surface area contributed by atoms with Crippen molar-refractivity contribution in [3.63, 3.8) is 0 Å². The molecule has 3 rings (SSSR count). The molecule has 1 aliphatic heterocycles. The van der Waals surface area contributed by atoms with Crippen LogP contribution in [0.1, 0.15) is 32.1 Å². The summed E-state index contributed by atoms with van der Waals surface area (Å²) >= 11 is 3.30. The van der Waals surface area contributed by atoms with E-state index < -0.39 is 10.0 Å². The van der Waals surface area contributed by atoms with Gasteiger partial charge in [-0.15, -0.1) is 0 Å². The van der Waals surface area contributed by atoms with E-state index in [1.165, 1.54) is 12.8 Å². The molecule has 1 aliphatic carbocycles. The number of fused-ring (bicyclic) bond motifs is 1. The fraction of sp³-hybridized carbons (Fsp3) is 0.571. The van der Waals surface area contributed by atoms with E-state index in [4.69, 9.17) is 5.73 Å². The average molecular weight is 359 g/mol. The number of hydrogen-bond acceptors (Lipinski definition) is 3. The van der Waals surface area contributed by atoms with E-state index in [1.807, 2.05) is 0 Å². The van der Waals surface area contributed by atoms with Crippen LogP contribution in [0, 0.1) is 5.92 Å². The third-order valence-corrected chi connectivity index (χ3v) is 7.18. The zero-order valence-electron chi connectivity index (χ0n) is 11.3. The topological polar surface area (TPSA) is 63.4 Å². The van der Waals surface area contributed by atoms with Crippen LogP contribution < -0.4 is 5.73 Å². The maximum atomic E-state index is 12.8. The van der Waals surface area contributed by atoms with Gasteiger partial charge in [-0.05, 0) is 59.3 Å². The van der Waals surface area contributed by atoms with E-state index in [-0.39, 0.29) is 6.04 Å². The van der Waals surface area contributed by atoms with Gasteiger partial charge in [0, 0.05) is 22.7 Å². The second-order valence-electron chi connectivity index (χ2n) is 5.70. The largest absolute Gasteiger partial charge is 0.398 e. The molecule has 110 valence electrons. The van der Waals surface area contributed by atoms with Gasteiger partial charge < -0.3 is 5.73 Å². The van der Waals surface area contributed by atoms with Crippen molar-refractivity contribution in [1.82, 2.24) is 4.31 Å². The SMILES string of the molecule is Nc1cc(S(=O)(=O)N2CCC3CCCCC32)ccc1Br. The second-order valence-corrected chi connectivity index (χ2v) is 8.44. The fourth-order valence-corrected chi connectivity index (χ4v) is 5.49. The lowest BCUT2D eigenvalue weighted by Gasteiger charge is -2.31. The summed E-state index contributed by atoms with van der Waals surface area (Å²) in [7, 11) is -3.42. The van der Waals surface area contributed by atoms with Crippen molar-refractivity contribution in [2.75, 3.05) is 12.3 Å². The monoisotopic (exact) mass is 358 g/mol. The summed E-state index contributed by atoms with van der Waals surface area (Å²) in [4.78, 5) is 0.310. The van der Waals surface area contributed by atoms with E-state index >= 15 is 0 Å². The summed E-state index contributed by atoms with van der Waals surface area (Å²) in [6, 6.07) is 5.08. The predicted molar refractivity (Wildman–Crippen MR) is 82.8 cm³/mol. The number of hydrogen-bond donors (Lipinski definition) is 1. The molecule has 2 fully saturated rings. The average Bonchev–Trinajstić information content (AvgIpc) is 2.86. The van der Waals surface area contributed by atoms with Crippen LogP contribution in [-0.2, 0) is 10.0 Å². The van der Waals surface area contributed by atoms with Gasteiger partial charge in [0.2, 0.25) is 10.0 Å². The van der Waals surface area contributed by atoms with Crippen molar-refractivity contribution < 1.29 is 8.42 Å². The van der Waals surface area contributed by atoms with Crippen molar-refractivity contribution >= 4 is 31.6 Å². The van der Waals surface area contributed by atoms with Crippen molar-refractivity contribution in [3.8, 4) is 0 Å². The summed E-state index contributed by atoms with van der Waals surface area (Å²) in [6.45, 7) is 0.646. The van der Waals surface area contributed by atoms with Gasteiger partial charge in [-0.25, -0.2) is 8.42 Å². The Morgan fingerprint density at radius 2 is 1.95 bits per heavy atom. The molecule has 1 saturated carbocycles. The summed E-state index contributed by atoms with van der Waals surface area (Å²) in [5.74, 6) is 0.548. The van der Waals surface area contributed by atoms with Gasteiger partial charge in [0.1, 0.15) is 0 Å². The predicted octanol–water partition coefficient (Wildman–Crippen LogP) is 2.98. The van der Waals surface area contributed by atoms with E-state index in [1.54, 1.807) is 22.5 Å². The van der Waals surface area contributed by atoms with Crippen LogP contribution in [-0.4, -0.2) is 25.3 Å². The first kappa shape index (κ1) is 14.4. The summed E-state index contributed by atoms with van der Waals surface area (Å²) in [5.41, 5.74) is 6.28. The number of benzene rings is 1. The Kier molecular flexibility index (Phi) is 3.81. The Bertz CT molecular complexity index is 618. The molecule has 1 saturated heterocycles. The Morgan fingerprint density at radius 1 is 1.20 bits per heavy atom. The first-order chi connectivity index (χ1) is 9.50. The Balaban J connectivity index is 1.93. The van der Waals surface area contributed by atoms with Crippen molar-refractivity contribution in [2.24, 2.45) is 5.92 Å². The van der Waals surface area contributed by atoms with Crippen LogP contribution in [0.25, 0.3) is 0 Å². The highest BCUT2D eigenvalue weighted by Crippen LogP contribution is 2.39. The van der Waals surface area contributed by atoms with Crippen molar-refractivity contribution in [1.29, 1.82) is 0 Å². The molecule has 0 radical (unpaired) electrons. The highest BCUT2D eigenvalue weighted by molar-refractivity contribution is 9.10. The van der Waals surface area contributed by atoms with Gasteiger partial charge in [0.15, 0.2) is 0 Å². The van der Waals surface area contributed by atoms with Gasteiger partial charge in [-0.3, -0.25) is 0 Å². The molecule has 1 aromatic carbocycles. The molecule has 0 aromatic heterocycles. The molecule has 2 atom stereocenters. The Hall–Kier alpha value is -0.590. The highest BCUT2D eigenvalue weighted by Gasteiger charge is 2.42. The van der Waals surface area contributed by atoms with Crippen LogP contribution in [0.5, 0.6) is 0 Å². The van der Waals surface area contributed by atoms with Crippen LogP contribution in [0.4, 0.5) is 5.69 Å². The molecule has 0 spiro atoms. The van der Waals surface area contributed by atoms with Crippen LogP contribution in [0.3, 0.4) is 0 Å². The number of nitrogens with zero attached hydrogens (tertiary/aromatic N) is 1. The Morgan fingerprint density at radius 3 is 2.70 bits per heavy atom.